The fourth-order valence-electron chi connectivity index (χ4n) is 1.41. The van der Waals surface area contributed by atoms with E-state index in [1.54, 1.807) is 6.07 Å². The van der Waals surface area contributed by atoms with Crippen molar-refractivity contribution in [3.05, 3.63) is 51.7 Å². The van der Waals surface area contributed by atoms with E-state index in [2.05, 4.69) is 21.2 Å². The highest BCUT2D eigenvalue weighted by molar-refractivity contribution is 9.10. The summed E-state index contributed by atoms with van der Waals surface area (Å²) < 4.78 is 13.6. The molecule has 0 aromatic heterocycles. The zero-order chi connectivity index (χ0) is 12.4. The van der Waals surface area contributed by atoms with Crippen LogP contribution in [0.1, 0.15) is 0 Å². The van der Waals surface area contributed by atoms with Crippen LogP contribution >= 0.6 is 27.5 Å². The Balaban J connectivity index is 2.40. The number of nitrogens with two attached hydrogens (primary N) is 1. The Morgan fingerprint density at radius 2 is 1.94 bits per heavy atom. The zero-order valence-corrected chi connectivity index (χ0v) is 11.0. The quantitative estimate of drug-likeness (QED) is 0.797. The van der Waals surface area contributed by atoms with Crippen molar-refractivity contribution >= 4 is 44.6 Å². The van der Waals surface area contributed by atoms with Crippen LogP contribution in [0.3, 0.4) is 0 Å². The van der Waals surface area contributed by atoms with Crippen LogP contribution in [0.5, 0.6) is 0 Å². The molecule has 0 heterocycles. The van der Waals surface area contributed by atoms with E-state index in [4.69, 9.17) is 17.3 Å². The SMILES string of the molecule is Nc1ccccc1Nc1c(Cl)cc(F)cc1Br. The van der Waals surface area contributed by atoms with Crippen molar-refractivity contribution < 1.29 is 4.39 Å². The number of para-hydroxylation sites is 2. The van der Waals surface area contributed by atoms with Crippen LogP contribution in [0.2, 0.25) is 5.02 Å². The second kappa shape index (κ2) is 4.94. The topological polar surface area (TPSA) is 38.0 Å². The van der Waals surface area contributed by atoms with Crippen LogP contribution in [0, 0.1) is 5.82 Å². The molecule has 0 saturated carbocycles. The lowest BCUT2D eigenvalue weighted by molar-refractivity contribution is 0.627. The largest absolute Gasteiger partial charge is 0.397 e. The molecule has 0 aliphatic carbocycles. The van der Waals surface area contributed by atoms with Gasteiger partial charge in [-0.1, -0.05) is 23.7 Å². The Morgan fingerprint density at radius 3 is 2.59 bits per heavy atom. The lowest BCUT2D eigenvalue weighted by Crippen LogP contribution is -1.97. The molecule has 0 radical (unpaired) electrons. The van der Waals surface area contributed by atoms with Crippen molar-refractivity contribution in [3.8, 4) is 0 Å². The number of hydrogen-bond acceptors (Lipinski definition) is 2. The van der Waals surface area contributed by atoms with E-state index < -0.39 is 5.82 Å². The first-order valence-electron chi connectivity index (χ1n) is 4.84. The van der Waals surface area contributed by atoms with Gasteiger partial charge < -0.3 is 11.1 Å². The summed E-state index contributed by atoms with van der Waals surface area (Å²) in [5.74, 6) is -0.395. The van der Waals surface area contributed by atoms with Gasteiger partial charge in [0.1, 0.15) is 5.82 Å². The molecule has 0 amide bonds. The van der Waals surface area contributed by atoms with Gasteiger partial charge in [0, 0.05) is 4.47 Å². The van der Waals surface area contributed by atoms with E-state index in [1.807, 2.05) is 18.2 Å². The molecule has 0 aliphatic rings. The molecule has 2 aromatic rings. The van der Waals surface area contributed by atoms with Crippen LogP contribution in [0.4, 0.5) is 21.5 Å². The fraction of sp³-hybridized carbons (Fsp3) is 0. The van der Waals surface area contributed by atoms with Gasteiger partial charge in [-0.3, -0.25) is 0 Å². The van der Waals surface area contributed by atoms with E-state index in [9.17, 15) is 4.39 Å². The van der Waals surface area contributed by atoms with Crippen molar-refractivity contribution in [1.29, 1.82) is 0 Å². The number of nitrogens with one attached hydrogen (secondary N) is 1. The lowest BCUT2D eigenvalue weighted by atomic mass is 10.2. The molecule has 2 aromatic carbocycles. The summed E-state index contributed by atoms with van der Waals surface area (Å²) >= 11 is 9.22. The molecular formula is C12H9BrClFN2. The Labute approximate surface area is 112 Å². The monoisotopic (exact) mass is 314 g/mol. The molecule has 5 heteroatoms. The zero-order valence-electron chi connectivity index (χ0n) is 8.68. The first-order chi connectivity index (χ1) is 8.08. The smallest absolute Gasteiger partial charge is 0.125 e. The van der Waals surface area contributed by atoms with Gasteiger partial charge in [-0.15, -0.1) is 0 Å². The van der Waals surface area contributed by atoms with Crippen LogP contribution < -0.4 is 11.1 Å². The second-order valence-corrected chi connectivity index (χ2v) is 4.72. The number of anilines is 3. The van der Waals surface area contributed by atoms with Gasteiger partial charge in [-0.05, 0) is 40.2 Å². The predicted octanol–water partition coefficient (Wildman–Crippen LogP) is 4.57. The predicted molar refractivity (Wildman–Crippen MR) is 73.2 cm³/mol. The number of rotatable bonds is 2. The molecule has 0 atom stereocenters. The molecule has 88 valence electrons. The minimum absolute atomic E-state index is 0.292. The molecule has 3 N–H and O–H groups in total. The van der Waals surface area contributed by atoms with Gasteiger partial charge >= 0.3 is 0 Å². The van der Waals surface area contributed by atoms with E-state index >= 15 is 0 Å². The van der Waals surface area contributed by atoms with Crippen molar-refractivity contribution in [2.75, 3.05) is 11.1 Å². The van der Waals surface area contributed by atoms with E-state index in [-0.39, 0.29) is 0 Å². The van der Waals surface area contributed by atoms with Gasteiger partial charge in [0.15, 0.2) is 0 Å². The maximum atomic E-state index is 13.1. The number of nitrogen functional groups attached to an aromatic ring is 1. The summed E-state index contributed by atoms with van der Waals surface area (Å²) in [6, 6.07) is 9.86. The number of hydrogen-bond donors (Lipinski definition) is 2. The first kappa shape index (κ1) is 12.2. The molecule has 0 spiro atoms. The van der Waals surface area contributed by atoms with Crippen molar-refractivity contribution in [2.45, 2.75) is 0 Å². The Morgan fingerprint density at radius 1 is 1.24 bits per heavy atom. The number of benzene rings is 2. The summed E-state index contributed by atoms with van der Waals surface area (Å²) in [4.78, 5) is 0. The van der Waals surface area contributed by atoms with Gasteiger partial charge in [0.25, 0.3) is 0 Å². The van der Waals surface area contributed by atoms with E-state index in [0.29, 0.717) is 20.9 Å². The Kier molecular flexibility index (Phi) is 3.54. The Hall–Kier alpha value is -1.26. The van der Waals surface area contributed by atoms with Crippen LogP contribution in [0.15, 0.2) is 40.9 Å². The maximum Gasteiger partial charge on any atom is 0.125 e. The summed E-state index contributed by atoms with van der Waals surface area (Å²) in [5, 5.41) is 3.36. The summed E-state index contributed by atoms with van der Waals surface area (Å²) in [6.45, 7) is 0. The third-order valence-corrected chi connectivity index (χ3v) is 3.15. The number of halogens is 3. The molecule has 0 unspecified atom stereocenters. The molecule has 2 nitrogen and oxygen atoms in total. The molecular weight excluding hydrogens is 307 g/mol. The third kappa shape index (κ3) is 2.70. The third-order valence-electron chi connectivity index (χ3n) is 2.23. The highest BCUT2D eigenvalue weighted by Crippen LogP contribution is 2.35. The van der Waals surface area contributed by atoms with Gasteiger partial charge in [-0.25, -0.2) is 4.39 Å². The molecule has 2 rings (SSSR count). The average molecular weight is 316 g/mol. The average Bonchev–Trinajstić information content (AvgIpc) is 2.25. The summed E-state index contributed by atoms with van der Waals surface area (Å²) in [7, 11) is 0. The summed E-state index contributed by atoms with van der Waals surface area (Å²) in [6.07, 6.45) is 0. The van der Waals surface area contributed by atoms with Crippen molar-refractivity contribution in [1.82, 2.24) is 0 Å². The lowest BCUT2D eigenvalue weighted by Gasteiger charge is -2.12. The Bertz CT molecular complexity index is 537. The molecule has 0 saturated heterocycles. The van der Waals surface area contributed by atoms with Crippen LogP contribution in [-0.2, 0) is 0 Å². The minimum Gasteiger partial charge on any atom is -0.397 e. The van der Waals surface area contributed by atoms with E-state index in [0.717, 1.165) is 5.69 Å². The fourth-order valence-corrected chi connectivity index (χ4v) is 2.31. The highest BCUT2D eigenvalue weighted by atomic mass is 79.9. The van der Waals surface area contributed by atoms with Crippen molar-refractivity contribution in [3.63, 3.8) is 0 Å². The molecule has 17 heavy (non-hydrogen) atoms. The van der Waals surface area contributed by atoms with Gasteiger partial charge in [0.05, 0.1) is 22.1 Å². The molecule has 0 bridgehead atoms. The van der Waals surface area contributed by atoms with Crippen LogP contribution in [-0.4, -0.2) is 0 Å². The van der Waals surface area contributed by atoms with E-state index in [1.165, 1.54) is 12.1 Å². The van der Waals surface area contributed by atoms with Crippen LogP contribution in [0.25, 0.3) is 0 Å². The van der Waals surface area contributed by atoms with Gasteiger partial charge in [-0.2, -0.15) is 0 Å². The van der Waals surface area contributed by atoms with Crippen molar-refractivity contribution in [2.24, 2.45) is 0 Å². The molecule has 0 fully saturated rings. The highest BCUT2D eigenvalue weighted by Gasteiger charge is 2.09. The molecule has 0 aliphatic heterocycles. The summed E-state index contributed by atoms with van der Waals surface area (Å²) in [5.41, 5.74) is 7.71. The standard InChI is InChI=1S/C12H9BrClFN2/c13-8-5-7(15)6-9(14)12(8)17-11-4-2-1-3-10(11)16/h1-6,17H,16H2. The normalized spacial score (nSPS) is 10.3. The van der Waals surface area contributed by atoms with Gasteiger partial charge in [0.2, 0.25) is 0 Å². The first-order valence-corrected chi connectivity index (χ1v) is 6.01. The minimum atomic E-state index is -0.395. The maximum absolute atomic E-state index is 13.1. The second-order valence-electron chi connectivity index (χ2n) is 3.46.